The summed E-state index contributed by atoms with van der Waals surface area (Å²) in [6, 6.07) is 21.8. The first-order valence-electron chi connectivity index (χ1n) is 10.6. The van der Waals surface area contributed by atoms with Gasteiger partial charge in [-0.2, -0.15) is 9.94 Å². The molecule has 0 saturated heterocycles. The molecular weight excluding hydrogens is 501 g/mol. The van der Waals surface area contributed by atoms with Crippen LogP contribution < -0.4 is 16.0 Å². The van der Waals surface area contributed by atoms with Gasteiger partial charge in [0.25, 0.3) is 5.56 Å². The van der Waals surface area contributed by atoms with Crippen molar-refractivity contribution in [2.45, 2.75) is 6.92 Å². The van der Waals surface area contributed by atoms with Gasteiger partial charge in [-0.15, -0.1) is 5.10 Å². The van der Waals surface area contributed by atoms with Gasteiger partial charge in [-0.1, -0.05) is 53.5 Å². The molecule has 0 aliphatic heterocycles. The van der Waals surface area contributed by atoms with Crippen LogP contribution in [0.1, 0.15) is 11.3 Å². The van der Waals surface area contributed by atoms with Crippen LogP contribution in [0, 0.1) is 18.3 Å². The molecule has 5 rings (SSSR count). The summed E-state index contributed by atoms with van der Waals surface area (Å²) in [5, 5.41) is 13.9. The lowest BCUT2D eigenvalue weighted by molar-refractivity contribution is 0.483. The summed E-state index contributed by atoms with van der Waals surface area (Å²) in [5.74, 6) is 0.656. The topological polar surface area (TPSA) is 114 Å². The van der Waals surface area contributed by atoms with Gasteiger partial charge in [-0.05, 0) is 48.9 Å². The Bertz CT molecular complexity index is 1780. The lowest BCUT2D eigenvalue weighted by Gasteiger charge is -2.13. The zero-order valence-corrected chi connectivity index (χ0v) is 20.1. The van der Waals surface area contributed by atoms with Crippen LogP contribution in [0.15, 0.2) is 76.3 Å². The SMILES string of the molecule is Cc1cc2cc(Oc3c(Cl)cc(-n4nc(C#N)c(=O)[nH]c4=O)cc3Cl)ccc2nc1-c1ccccc1. The number of ether oxygens (including phenoxy) is 1. The van der Waals surface area contributed by atoms with Crippen molar-refractivity contribution in [2.75, 3.05) is 0 Å². The third kappa shape index (κ3) is 4.33. The summed E-state index contributed by atoms with van der Waals surface area (Å²) in [6.45, 7) is 2.00. The molecule has 8 nitrogen and oxygen atoms in total. The van der Waals surface area contributed by atoms with Gasteiger partial charge in [0.1, 0.15) is 11.8 Å². The standard InChI is InChI=1S/C26H15Cl2N5O3/c1-14-9-16-10-18(7-8-21(16)30-23(14)15-5-3-2-4-6-15)36-24-19(27)11-17(12-20(24)28)33-26(35)31-25(34)22(13-29)32-33/h2-12H,1H3,(H,31,34,35). The van der Waals surface area contributed by atoms with E-state index in [4.69, 9.17) is 38.2 Å². The molecule has 0 aliphatic rings. The number of aryl methyl sites for hydroxylation is 1. The number of hydrogen-bond donors (Lipinski definition) is 1. The molecule has 0 saturated carbocycles. The van der Waals surface area contributed by atoms with Crippen molar-refractivity contribution in [1.82, 2.24) is 19.7 Å². The van der Waals surface area contributed by atoms with Crippen LogP contribution in [0.2, 0.25) is 10.0 Å². The highest BCUT2D eigenvalue weighted by atomic mass is 35.5. The highest BCUT2D eigenvalue weighted by molar-refractivity contribution is 6.37. The number of nitrogens with one attached hydrogen (secondary N) is 1. The molecule has 0 atom stereocenters. The average molecular weight is 516 g/mol. The van der Waals surface area contributed by atoms with Crippen molar-refractivity contribution in [1.29, 1.82) is 5.26 Å². The molecule has 10 heteroatoms. The van der Waals surface area contributed by atoms with Gasteiger partial charge in [0, 0.05) is 10.9 Å². The van der Waals surface area contributed by atoms with Crippen molar-refractivity contribution < 1.29 is 4.74 Å². The number of hydrogen-bond acceptors (Lipinski definition) is 6. The second kappa shape index (κ2) is 9.30. The number of rotatable bonds is 4. The van der Waals surface area contributed by atoms with Crippen molar-refractivity contribution in [3.05, 3.63) is 109 Å². The number of benzene rings is 3. The fourth-order valence-corrected chi connectivity index (χ4v) is 4.30. The molecule has 0 unspecified atom stereocenters. The van der Waals surface area contributed by atoms with Crippen molar-refractivity contribution in [2.24, 2.45) is 0 Å². The maximum atomic E-state index is 12.2. The van der Waals surface area contributed by atoms with Gasteiger partial charge in [0.05, 0.1) is 26.9 Å². The Balaban J connectivity index is 1.50. The Morgan fingerprint density at radius 2 is 1.72 bits per heavy atom. The van der Waals surface area contributed by atoms with Gasteiger partial charge < -0.3 is 4.74 Å². The average Bonchev–Trinajstić information content (AvgIpc) is 2.86. The van der Waals surface area contributed by atoms with E-state index in [9.17, 15) is 9.59 Å². The molecule has 36 heavy (non-hydrogen) atoms. The first-order chi connectivity index (χ1) is 17.3. The third-order valence-corrected chi connectivity index (χ3v) is 5.97. The summed E-state index contributed by atoms with van der Waals surface area (Å²) >= 11 is 12.8. The first kappa shape index (κ1) is 23.3. The molecule has 0 bridgehead atoms. The molecule has 0 aliphatic carbocycles. The van der Waals surface area contributed by atoms with E-state index in [1.807, 2.05) is 60.4 Å². The van der Waals surface area contributed by atoms with Crippen LogP contribution in [-0.2, 0) is 0 Å². The predicted molar refractivity (Wildman–Crippen MR) is 137 cm³/mol. The number of halogens is 2. The maximum absolute atomic E-state index is 12.2. The molecule has 1 N–H and O–H groups in total. The van der Waals surface area contributed by atoms with Gasteiger partial charge in [-0.25, -0.2) is 9.78 Å². The van der Waals surface area contributed by atoms with E-state index in [0.717, 1.165) is 32.4 Å². The molecule has 0 amide bonds. The Morgan fingerprint density at radius 3 is 2.42 bits per heavy atom. The minimum Gasteiger partial charge on any atom is -0.454 e. The predicted octanol–water partition coefficient (Wildman–Crippen LogP) is 5.42. The van der Waals surface area contributed by atoms with Crippen LogP contribution in [-0.4, -0.2) is 19.7 Å². The monoisotopic (exact) mass is 515 g/mol. The Kier molecular flexibility index (Phi) is 6.02. The largest absolute Gasteiger partial charge is 0.454 e. The van der Waals surface area contributed by atoms with Crippen LogP contribution in [0.4, 0.5) is 0 Å². The molecule has 176 valence electrons. The lowest BCUT2D eigenvalue weighted by atomic mass is 10.0. The highest BCUT2D eigenvalue weighted by Crippen LogP contribution is 2.39. The molecule has 3 aromatic carbocycles. The molecule has 2 heterocycles. The Hall–Kier alpha value is -4.45. The quantitative estimate of drug-likeness (QED) is 0.342. The third-order valence-electron chi connectivity index (χ3n) is 5.41. The van der Waals surface area contributed by atoms with Gasteiger partial charge in [0.15, 0.2) is 5.75 Å². The number of nitrogens with zero attached hydrogens (tertiary/aromatic N) is 4. The molecular formula is C26H15Cl2N5O3. The summed E-state index contributed by atoms with van der Waals surface area (Å²) in [6.07, 6.45) is 0. The number of pyridine rings is 1. The minimum atomic E-state index is -0.882. The number of H-pyrrole nitrogens is 1. The molecule has 0 fully saturated rings. The van der Waals surface area contributed by atoms with E-state index in [2.05, 4.69) is 5.10 Å². The zero-order chi connectivity index (χ0) is 25.4. The number of aromatic nitrogens is 4. The van der Waals surface area contributed by atoms with Gasteiger partial charge >= 0.3 is 5.69 Å². The molecule has 5 aromatic rings. The summed E-state index contributed by atoms with van der Waals surface area (Å²) in [4.78, 5) is 30.6. The normalized spacial score (nSPS) is 10.8. The van der Waals surface area contributed by atoms with Gasteiger partial charge in [-0.3, -0.25) is 9.78 Å². The highest BCUT2D eigenvalue weighted by Gasteiger charge is 2.16. The van der Waals surface area contributed by atoms with Crippen molar-refractivity contribution in [3.8, 4) is 34.5 Å². The van der Waals surface area contributed by atoms with E-state index < -0.39 is 16.9 Å². The summed E-state index contributed by atoms with van der Waals surface area (Å²) in [7, 11) is 0. The summed E-state index contributed by atoms with van der Waals surface area (Å²) in [5.41, 5.74) is 1.72. The minimum absolute atomic E-state index is 0.102. The number of nitriles is 1. The Morgan fingerprint density at radius 1 is 1.00 bits per heavy atom. The van der Waals surface area contributed by atoms with Crippen LogP contribution in [0.5, 0.6) is 11.5 Å². The Labute approximate surface area is 214 Å². The second-order valence-electron chi connectivity index (χ2n) is 7.85. The second-order valence-corrected chi connectivity index (χ2v) is 8.66. The summed E-state index contributed by atoms with van der Waals surface area (Å²) < 4.78 is 6.81. The van der Waals surface area contributed by atoms with Crippen LogP contribution >= 0.6 is 23.2 Å². The van der Waals surface area contributed by atoms with Crippen LogP contribution in [0.3, 0.4) is 0 Å². The van der Waals surface area contributed by atoms with E-state index in [-0.39, 0.29) is 21.5 Å². The fourth-order valence-electron chi connectivity index (χ4n) is 3.74. The maximum Gasteiger partial charge on any atom is 0.349 e. The zero-order valence-electron chi connectivity index (χ0n) is 18.6. The van der Waals surface area contributed by atoms with Crippen molar-refractivity contribution >= 4 is 34.1 Å². The molecule has 2 aromatic heterocycles. The number of fused-ring (bicyclic) bond motifs is 1. The van der Waals surface area contributed by atoms with E-state index >= 15 is 0 Å². The van der Waals surface area contributed by atoms with Crippen LogP contribution in [0.25, 0.3) is 27.8 Å². The lowest BCUT2D eigenvalue weighted by Crippen LogP contribution is -2.33. The van der Waals surface area contributed by atoms with E-state index in [1.165, 1.54) is 12.1 Å². The first-order valence-corrected chi connectivity index (χ1v) is 11.4. The molecule has 0 spiro atoms. The smallest absolute Gasteiger partial charge is 0.349 e. The van der Waals surface area contributed by atoms with Gasteiger partial charge in [0.2, 0.25) is 5.69 Å². The van der Waals surface area contributed by atoms with Crippen molar-refractivity contribution in [3.63, 3.8) is 0 Å². The van der Waals surface area contributed by atoms with E-state index in [0.29, 0.717) is 5.75 Å². The number of aromatic amines is 1. The fraction of sp³-hybridized carbons (Fsp3) is 0.0385. The molecule has 0 radical (unpaired) electrons. The van der Waals surface area contributed by atoms with E-state index in [1.54, 1.807) is 12.1 Å².